The fraction of sp³-hybridized carbons (Fsp3) is 0.111. The predicted molar refractivity (Wildman–Crippen MR) is 93.8 cm³/mol. The molecule has 0 bridgehead atoms. The van der Waals surface area contributed by atoms with Crippen LogP contribution < -0.4 is 5.32 Å². The molecule has 0 aromatic heterocycles. The van der Waals surface area contributed by atoms with Crippen LogP contribution in [0.4, 0.5) is 10.1 Å². The summed E-state index contributed by atoms with van der Waals surface area (Å²) in [6.45, 7) is 1.46. The highest BCUT2D eigenvalue weighted by Gasteiger charge is 2.16. The normalized spacial score (nSPS) is 12.0. The lowest BCUT2D eigenvalue weighted by Crippen LogP contribution is -2.29. The van der Waals surface area contributed by atoms with E-state index in [1.54, 1.807) is 30.3 Å². The van der Waals surface area contributed by atoms with Crippen molar-refractivity contribution in [2.45, 2.75) is 13.0 Å². The minimum atomic E-state index is -0.984. The Labute approximate surface area is 147 Å². The monoisotopic (exact) mass is 391 g/mol. The number of carbonyl (C=O) groups excluding carboxylic acids is 2. The minimum absolute atomic E-state index is 0.265. The van der Waals surface area contributed by atoms with Gasteiger partial charge < -0.3 is 10.1 Å². The van der Waals surface area contributed by atoms with E-state index in [2.05, 4.69) is 21.2 Å². The molecule has 0 saturated carbocycles. The maximum atomic E-state index is 13.4. The van der Waals surface area contributed by atoms with Gasteiger partial charge in [0, 0.05) is 21.8 Å². The van der Waals surface area contributed by atoms with Crippen LogP contribution in [0, 0.1) is 5.82 Å². The standard InChI is InChI=1S/C18H15BrFNO3/c1-12(18(23)21-15-7-4-6-14(19)11-15)24-17(22)10-9-13-5-2-3-8-16(13)20/h2-12H,1H3,(H,21,23)/b10-9+/t12-/m0/s1. The van der Waals surface area contributed by atoms with Crippen molar-refractivity contribution in [3.8, 4) is 0 Å². The number of ether oxygens (including phenoxy) is 1. The third-order valence-corrected chi connectivity index (χ3v) is 3.55. The number of anilines is 1. The second-order valence-corrected chi connectivity index (χ2v) is 5.85. The number of hydrogen-bond acceptors (Lipinski definition) is 3. The number of esters is 1. The van der Waals surface area contributed by atoms with Gasteiger partial charge in [0.15, 0.2) is 6.10 Å². The first-order valence-corrected chi connectivity index (χ1v) is 7.94. The lowest BCUT2D eigenvalue weighted by Gasteiger charge is -2.12. The summed E-state index contributed by atoms with van der Waals surface area (Å²) in [4.78, 5) is 23.7. The number of benzene rings is 2. The van der Waals surface area contributed by atoms with Crippen LogP contribution in [-0.2, 0) is 14.3 Å². The molecular formula is C18H15BrFNO3. The summed E-state index contributed by atoms with van der Waals surface area (Å²) < 4.78 is 19.3. The van der Waals surface area contributed by atoms with Gasteiger partial charge in [-0.3, -0.25) is 4.79 Å². The number of halogens is 2. The van der Waals surface area contributed by atoms with E-state index in [-0.39, 0.29) is 5.56 Å². The van der Waals surface area contributed by atoms with E-state index in [0.717, 1.165) is 10.5 Å². The van der Waals surface area contributed by atoms with E-state index < -0.39 is 23.8 Å². The minimum Gasteiger partial charge on any atom is -0.449 e. The Hall–Kier alpha value is -2.47. The van der Waals surface area contributed by atoms with Crippen LogP contribution in [0.3, 0.4) is 0 Å². The third-order valence-electron chi connectivity index (χ3n) is 3.06. The zero-order valence-corrected chi connectivity index (χ0v) is 14.4. The van der Waals surface area contributed by atoms with Crippen LogP contribution in [0.2, 0.25) is 0 Å². The molecule has 6 heteroatoms. The highest BCUT2D eigenvalue weighted by Crippen LogP contribution is 2.16. The van der Waals surface area contributed by atoms with Gasteiger partial charge in [-0.1, -0.05) is 40.2 Å². The summed E-state index contributed by atoms with van der Waals surface area (Å²) >= 11 is 3.30. The Morgan fingerprint density at radius 1 is 1.21 bits per heavy atom. The molecule has 0 aliphatic carbocycles. The summed E-state index contributed by atoms with van der Waals surface area (Å²) in [6.07, 6.45) is 1.40. The Balaban J connectivity index is 1.91. The molecule has 0 heterocycles. The summed E-state index contributed by atoms with van der Waals surface area (Å²) in [5.74, 6) is -1.63. The van der Waals surface area contributed by atoms with Gasteiger partial charge in [-0.15, -0.1) is 0 Å². The van der Waals surface area contributed by atoms with Crippen molar-refractivity contribution >= 4 is 39.6 Å². The van der Waals surface area contributed by atoms with Crippen LogP contribution in [0.5, 0.6) is 0 Å². The second kappa shape index (κ2) is 8.40. The molecule has 124 valence electrons. The lowest BCUT2D eigenvalue weighted by molar-refractivity contribution is -0.148. The van der Waals surface area contributed by atoms with Crippen molar-refractivity contribution < 1.29 is 18.7 Å². The lowest BCUT2D eigenvalue weighted by atomic mass is 10.2. The molecule has 24 heavy (non-hydrogen) atoms. The highest BCUT2D eigenvalue weighted by atomic mass is 79.9. The molecule has 0 saturated heterocycles. The molecule has 1 amide bonds. The Morgan fingerprint density at radius 2 is 1.96 bits per heavy atom. The molecule has 0 fully saturated rings. The number of carbonyl (C=O) groups is 2. The molecule has 0 unspecified atom stereocenters. The average molecular weight is 392 g/mol. The summed E-state index contributed by atoms with van der Waals surface area (Å²) in [7, 11) is 0. The van der Waals surface area contributed by atoms with Gasteiger partial charge in [-0.2, -0.15) is 0 Å². The zero-order chi connectivity index (χ0) is 17.5. The largest absolute Gasteiger partial charge is 0.449 e. The van der Waals surface area contributed by atoms with Gasteiger partial charge in [0.05, 0.1) is 0 Å². The molecule has 1 atom stereocenters. The molecule has 0 radical (unpaired) electrons. The molecule has 2 aromatic carbocycles. The van der Waals surface area contributed by atoms with Crippen molar-refractivity contribution in [2.75, 3.05) is 5.32 Å². The quantitative estimate of drug-likeness (QED) is 0.614. The van der Waals surface area contributed by atoms with Gasteiger partial charge in [0.1, 0.15) is 5.82 Å². The Morgan fingerprint density at radius 3 is 2.67 bits per heavy atom. The van der Waals surface area contributed by atoms with E-state index in [1.165, 1.54) is 25.1 Å². The topological polar surface area (TPSA) is 55.4 Å². The summed E-state index contributed by atoms with van der Waals surface area (Å²) in [5.41, 5.74) is 0.847. The fourth-order valence-corrected chi connectivity index (χ4v) is 2.24. The van der Waals surface area contributed by atoms with Crippen molar-refractivity contribution in [3.63, 3.8) is 0 Å². The molecule has 4 nitrogen and oxygen atoms in total. The van der Waals surface area contributed by atoms with E-state index in [0.29, 0.717) is 5.69 Å². The highest BCUT2D eigenvalue weighted by molar-refractivity contribution is 9.10. The van der Waals surface area contributed by atoms with Crippen LogP contribution in [0.25, 0.3) is 6.08 Å². The van der Waals surface area contributed by atoms with Gasteiger partial charge >= 0.3 is 5.97 Å². The van der Waals surface area contributed by atoms with Crippen molar-refractivity contribution in [2.24, 2.45) is 0 Å². The Bertz CT molecular complexity index is 776. The molecule has 0 spiro atoms. The van der Waals surface area contributed by atoms with E-state index in [1.807, 2.05) is 6.07 Å². The van der Waals surface area contributed by atoms with Crippen LogP contribution in [-0.4, -0.2) is 18.0 Å². The predicted octanol–water partition coefficient (Wildman–Crippen LogP) is 4.17. The fourth-order valence-electron chi connectivity index (χ4n) is 1.85. The van der Waals surface area contributed by atoms with Crippen LogP contribution >= 0.6 is 15.9 Å². The molecule has 0 aliphatic rings. The molecule has 2 rings (SSSR count). The Kier molecular flexibility index (Phi) is 6.26. The molecule has 1 N–H and O–H groups in total. The molecular weight excluding hydrogens is 377 g/mol. The summed E-state index contributed by atoms with van der Waals surface area (Å²) in [6, 6.07) is 13.1. The van der Waals surface area contributed by atoms with E-state index in [9.17, 15) is 14.0 Å². The first kappa shape index (κ1) is 17.9. The first-order valence-electron chi connectivity index (χ1n) is 7.15. The molecule has 0 aliphatic heterocycles. The van der Waals surface area contributed by atoms with Gasteiger partial charge in [0.2, 0.25) is 0 Å². The van der Waals surface area contributed by atoms with Gasteiger partial charge in [-0.05, 0) is 37.3 Å². The van der Waals surface area contributed by atoms with Crippen molar-refractivity contribution in [1.29, 1.82) is 0 Å². The number of nitrogens with one attached hydrogen (secondary N) is 1. The van der Waals surface area contributed by atoms with E-state index in [4.69, 9.17) is 4.74 Å². The van der Waals surface area contributed by atoms with Crippen molar-refractivity contribution in [1.82, 2.24) is 0 Å². The van der Waals surface area contributed by atoms with E-state index >= 15 is 0 Å². The van der Waals surface area contributed by atoms with Crippen LogP contribution in [0.1, 0.15) is 12.5 Å². The van der Waals surface area contributed by atoms with Gasteiger partial charge in [0.25, 0.3) is 5.91 Å². The second-order valence-electron chi connectivity index (χ2n) is 4.93. The first-order chi connectivity index (χ1) is 11.5. The SMILES string of the molecule is C[C@H](OC(=O)/C=C/c1ccccc1F)C(=O)Nc1cccc(Br)c1. The number of amides is 1. The summed E-state index contributed by atoms with van der Waals surface area (Å²) in [5, 5.41) is 2.64. The zero-order valence-electron chi connectivity index (χ0n) is 12.8. The smallest absolute Gasteiger partial charge is 0.331 e. The average Bonchev–Trinajstić information content (AvgIpc) is 2.54. The maximum Gasteiger partial charge on any atom is 0.331 e. The third kappa shape index (κ3) is 5.31. The maximum absolute atomic E-state index is 13.4. The number of rotatable bonds is 5. The van der Waals surface area contributed by atoms with Crippen molar-refractivity contribution in [3.05, 3.63) is 70.5 Å². The molecule has 2 aromatic rings. The van der Waals surface area contributed by atoms with Crippen LogP contribution in [0.15, 0.2) is 59.1 Å². The van der Waals surface area contributed by atoms with Gasteiger partial charge in [-0.25, -0.2) is 9.18 Å². The number of hydrogen-bond donors (Lipinski definition) is 1.